The molecule has 0 bridgehead atoms. The molecule has 0 aliphatic carbocycles. The Bertz CT molecular complexity index is 804. The Morgan fingerprint density at radius 2 is 1.79 bits per heavy atom. The van der Waals surface area contributed by atoms with Crippen LogP contribution < -0.4 is 0 Å². The zero-order valence-electron chi connectivity index (χ0n) is 20.5. The van der Waals surface area contributed by atoms with Crippen LogP contribution in [0.3, 0.4) is 0 Å². The van der Waals surface area contributed by atoms with Crippen LogP contribution in [0.15, 0.2) is 55.1 Å². The highest BCUT2D eigenvalue weighted by molar-refractivity contribution is 5.93. The van der Waals surface area contributed by atoms with Gasteiger partial charge >= 0.3 is 12.1 Å². The molecule has 1 heterocycles. The van der Waals surface area contributed by atoms with Gasteiger partial charge in [0.05, 0.1) is 6.04 Å². The number of allylic oxidation sites excluding steroid dienone is 2. The lowest BCUT2D eigenvalue weighted by atomic mass is 10.1. The van der Waals surface area contributed by atoms with Crippen LogP contribution in [0.2, 0.25) is 0 Å². The Hall–Kier alpha value is -2.89. The number of benzene rings is 1. The summed E-state index contributed by atoms with van der Waals surface area (Å²) in [5.74, 6) is -0.315. The van der Waals surface area contributed by atoms with Gasteiger partial charge in [0.1, 0.15) is 12.7 Å². The van der Waals surface area contributed by atoms with Crippen molar-refractivity contribution in [1.29, 1.82) is 0 Å². The number of ether oxygens (including phenoxy) is 2. The lowest BCUT2D eigenvalue weighted by Gasteiger charge is -2.19. The number of esters is 1. The standard InChI is InChI=1S/C28H39NO5/c1-3-4-5-7-15-20-27(31)34-23(2)16-11-8-6-9-14-19-26(30)29-25(22-33-28(29)32)21-24-17-12-10-13-18-24/h3,10-13,16-18,23,25H,1,4-9,14-15,19-22H2,2H3/b16-11-/t23?,25-/m1/s1. The lowest BCUT2D eigenvalue weighted by molar-refractivity contribution is -0.146. The summed E-state index contributed by atoms with van der Waals surface area (Å²) in [6.45, 7) is 5.81. The number of amides is 2. The van der Waals surface area contributed by atoms with Gasteiger partial charge in [-0.15, -0.1) is 6.58 Å². The number of unbranched alkanes of at least 4 members (excludes halogenated alkanes) is 6. The summed E-state index contributed by atoms with van der Waals surface area (Å²) in [5, 5.41) is 0. The van der Waals surface area contributed by atoms with Crippen molar-refractivity contribution in [2.75, 3.05) is 6.61 Å². The molecule has 6 nitrogen and oxygen atoms in total. The third kappa shape index (κ3) is 10.4. The Morgan fingerprint density at radius 1 is 1.09 bits per heavy atom. The van der Waals surface area contributed by atoms with E-state index in [0.29, 0.717) is 19.3 Å². The monoisotopic (exact) mass is 469 g/mol. The topological polar surface area (TPSA) is 72.9 Å². The fourth-order valence-corrected chi connectivity index (χ4v) is 3.97. The minimum absolute atomic E-state index is 0.153. The summed E-state index contributed by atoms with van der Waals surface area (Å²) < 4.78 is 10.5. The van der Waals surface area contributed by atoms with Gasteiger partial charge in [0.15, 0.2) is 0 Å². The number of cyclic esters (lactones) is 1. The fourth-order valence-electron chi connectivity index (χ4n) is 3.97. The molecule has 0 aromatic heterocycles. The zero-order valence-corrected chi connectivity index (χ0v) is 20.5. The summed E-state index contributed by atoms with van der Waals surface area (Å²) in [7, 11) is 0. The van der Waals surface area contributed by atoms with E-state index in [1.54, 1.807) is 0 Å². The maximum absolute atomic E-state index is 12.6. The molecule has 0 saturated carbocycles. The minimum atomic E-state index is -0.533. The molecule has 6 heteroatoms. The van der Waals surface area contributed by atoms with E-state index in [1.165, 1.54) is 4.90 Å². The molecule has 0 spiro atoms. The van der Waals surface area contributed by atoms with Gasteiger partial charge in [-0.3, -0.25) is 9.59 Å². The highest BCUT2D eigenvalue weighted by atomic mass is 16.6. The van der Waals surface area contributed by atoms with E-state index in [9.17, 15) is 14.4 Å². The first kappa shape index (κ1) is 27.4. The molecule has 1 unspecified atom stereocenters. The van der Waals surface area contributed by atoms with E-state index in [1.807, 2.05) is 55.5 Å². The van der Waals surface area contributed by atoms with Crippen LogP contribution in [-0.2, 0) is 25.5 Å². The summed E-state index contributed by atoms with van der Waals surface area (Å²) in [6.07, 6.45) is 13.8. The van der Waals surface area contributed by atoms with Gasteiger partial charge in [0, 0.05) is 12.8 Å². The molecular formula is C28H39NO5. The van der Waals surface area contributed by atoms with Crippen molar-refractivity contribution >= 4 is 18.0 Å². The Labute approximate surface area is 204 Å². The van der Waals surface area contributed by atoms with Gasteiger partial charge in [-0.1, -0.05) is 55.3 Å². The average Bonchev–Trinajstić information content (AvgIpc) is 3.18. The van der Waals surface area contributed by atoms with E-state index in [0.717, 1.165) is 56.9 Å². The molecule has 2 amide bonds. The number of carbonyl (C=O) groups excluding carboxylic acids is 3. The van der Waals surface area contributed by atoms with Gasteiger partial charge in [-0.05, 0) is 63.5 Å². The molecule has 1 fully saturated rings. The summed E-state index contributed by atoms with van der Waals surface area (Å²) in [5.41, 5.74) is 1.08. The second-order valence-electron chi connectivity index (χ2n) is 8.79. The number of rotatable bonds is 16. The molecular weight excluding hydrogens is 430 g/mol. The van der Waals surface area contributed by atoms with E-state index in [-0.39, 0.29) is 30.6 Å². The lowest BCUT2D eigenvalue weighted by Crippen LogP contribution is -2.40. The maximum Gasteiger partial charge on any atom is 0.416 e. The fraction of sp³-hybridized carbons (Fsp3) is 0.536. The predicted octanol–water partition coefficient (Wildman–Crippen LogP) is 6.15. The van der Waals surface area contributed by atoms with Crippen LogP contribution in [0.25, 0.3) is 0 Å². The van der Waals surface area contributed by atoms with Crippen molar-refractivity contribution in [3.63, 3.8) is 0 Å². The van der Waals surface area contributed by atoms with Gasteiger partial charge in [-0.25, -0.2) is 9.69 Å². The number of hydrogen-bond donors (Lipinski definition) is 0. The maximum atomic E-state index is 12.6. The molecule has 34 heavy (non-hydrogen) atoms. The van der Waals surface area contributed by atoms with Crippen molar-refractivity contribution in [2.45, 2.75) is 89.7 Å². The van der Waals surface area contributed by atoms with Crippen LogP contribution in [0.1, 0.15) is 76.7 Å². The van der Waals surface area contributed by atoms with Crippen molar-refractivity contribution in [3.8, 4) is 0 Å². The first-order valence-corrected chi connectivity index (χ1v) is 12.5. The number of imide groups is 1. The van der Waals surface area contributed by atoms with Crippen LogP contribution in [0.5, 0.6) is 0 Å². The second-order valence-corrected chi connectivity index (χ2v) is 8.79. The molecule has 1 aliphatic rings. The quantitative estimate of drug-likeness (QED) is 0.165. The average molecular weight is 470 g/mol. The van der Waals surface area contributed by atoms with Crippen LogP contribution in [-0.4, -0.2) is 41.6 Å². The molecule has 1 aromatic carbocycles. The predicted molar refractivity (Wildman–Crippen MR) is 133 cm³/mol. The SMILES string of the molecule is C=CCCCCCC(=O)OC(C)/C=C\CCCCCC(=O)N1C(=O)OC[C@H]1Cc1ccccc1. The van der Waals surface area contributed by atoms with Gasteiger partial charge in [-0.2, -0.15) is 0 Å². The number of nitrogens with zero attached hydrogens (tertiary/aromatic N) is 1. The highest BCUT2D eigenvalue weighted by Gasteiger charge is 2.37. The third-order valence-electron chi connectivity index (χ3n) is 5.82. The highest BCUT2D eigenvalue weighted by Crippen LogP contribution is 2.19. The first-order valence-electron chi connectivity index (χ1n) is 12.5. The molecule has 2 rings (SSSR count). The number of hydrogen-bond acceptors (Lipinski definition) is 5. The third-order valence-corrected chi connectivity index (χ3v) is 5.82. The van der Waals surface area contributed by atoms with Crippen LogP contribution in [0.4, 0.5) is 4.79 Å². The van der Waals surface area contributed by atoms with E-state index in [2.05, 4.69) is 6.58 Å². The summed E-state index contributed by atoms with van der Waals surface area (Å²) >= 11 is 0. The molecule has 186 valence electrons. The smallest absolute Gasteiger partial charge is 0.416 e. The van der Waals surface area contributed by atoms with Crippen molar-refractivity contribution < 1.29 is 23.9 Å². The first-order chi connectivity index (χ1) is 16.5. The summed E-state index contributed by atoms with van der Waals surface area (Å²) in [4.78, 5) is 37.8. The number of carbonyl (C=O) groups is 3. The van der Waals surface area contributed by atoms with E-state index in [4.69, 9.17) is 9.47 Å². The van der Waals surface area contributed by atoms with Gasteiger partial charge in [0.25, 0.3) is 0 Å². The molecule has 0 radical (unpaired) electrons. The second kappa shape index (κ2) is 15.9. The van der Waals surface area contributed by atoms with Crippen molar-refractivity contribution in [3.05, 3.63) is 60.7 Å². The van der Waals surface area contributed by atoms with Crippen molar-refractivity contribution in [1.82, 2.24) is 4.90 Å². The molecule has 1 saturated heterocycles. The van der Waals surface area contributed by atoms with Crippen molar-refractivity contribution in [2.24, 2.45) is 0 Å². The van der Waals surface area contributed by atoms with Gasteiger partial charge in [0.2, 0.25) is 5.91 Å². The Kier molecular flexibility index (Phi) is 12.8. The molecule has 1 aliphatic heterocycles. The van der Waals surface area contributed by atoms with Gasteiger partial charge < -0.3 is 9.47 Å². The van der Waals surface area contributed by atoms with E-state index >= 15 is 0 Å². The summed E-state index contributed by atoms with van der Waals surface area (Å²) in [6, 6.07) is 9.59. The van der Waals surface area contributed by atoms with Crippen LogP contribution >= 0.6 is 0 Å². The zero-order chi connectivity index (χ0) is 24.6. The Balaban J connectivity index is 1.58. The van der Waals surface area contributed by atoms with Crippen LogP contribution in [0, 0.1) is 0 Å². The van der Waals surface area contributed by atoms with E-state index < -0.39 is 6.09 Å². The minimum Gasteiger partial charge on any atom is -0.458 e. The molecule has 2 atom stereocenters. The molecule has 1 aromatic rings. The molecule has 0 N–H and O–H groups in total. The largest absolute Gasteiger partial charge is 0.458 e. The Morgan fingerprint density at radius 3 is 2.53 bits per heavy atom. The normalized spacial score (nSPS) is 16.4.